The molecule has 306 valence electrons. The maximum absolute atomic E-state index is 13.1. The highest BCUT2D eigenvalue weighted by molar-refractivity contribution is 7.86. The number of hydrogen-bond donors (Lipinski definition) is 4. The summed E-state index contributed by atoms with van der Waals surface area (Å²) in [5, 5.41) is 15.7. The smallest absolute Gasteiger partial charge is 0.494 e. The number of carboxylic acid groups (broad SMARTS) is 1. The summed E-state index contributed by atoms with van der Waals surface area (Å²) >= 11 is 0. The molecule has 0 aliphatic rings. The minimum Gasteiger partial charge on any atom is -0.494 e. The Morgan fingerprint density at radius 3 is 1.84 bits per heavy atom. The highest BCUT2D eigenvalue weighted by Crippen LogP contribution is 2.38. The van der Waals surface area contributed by atoms with E-state index in [1.165, 1.54) is 14.0 Å². The lowest BCUT2D eigenvalue weighted by atomic mass is 9.96. The monoisotopic (exact) mass is 820 g/mol. The Hall–Kier alpha value is -6.23. The lowest BCUT2D eigenvalue weighted by molar-refractivity contribution is -0.139. The predicted molar refractivity (Wildman–Crippen MR) is 216 cm³/mol. The fourth-order valence-electron chi connectivity index (χ4n) is 6.10. The number of carboxylic acids is 1. The number of benzene rings is 5. The summed E-state index contributed by atoms with van der Waals surface area (Å²) in [6.07, 6.45) is -0.108. The zero-order valence-electron chi connectivity index (χ0n) is 32.0. The molecule has 16 heteroatoms. The number of nitrogens with zero attached hydrogens (tertiary/aromatic N) is 2. The first-order chi connectivity index (χ1) is 27.4. The third-order valence-corrected chi connectivity index (χ3v) is 9.57. The van der Waals surface area contributed by atoms with Gasteiger partial charge in [0.15, 0.2) is 0 Å². The van der Waals surface area contributed by atoms with E-state index >= 15 is 0 Å². The largest absolute Gasteiger partial charge is 0.522 e. The van der Waals surface area contributed by atoms with Crippen LogP contribution in [0.15, 0.2) is 127 Å². The van der Waals surface area contributed by atoms with Crippen molar-refractivity contribution < 1.29 is 50.4 Å². The van der Waals surface area contributed by atoms with Crippen LogP contribution in [0.3, 0.4) is 0 Å². The van der Waals surface area contributed by atoms with Crippen molar-refractivity contribution in [1.29, 1.82) is 0 Å². The topological polar surface area (TPSA) is 166 Å². The Morgan fingerprint density at radius 1 is 0.776 bits per heavy atom. The van der Waals surface area contributed by atoms with Gasteiger partial charge >= 0.3 is 27.6 Å². The second kappa shape index (κ2) is 19.8. The van der Waals surface area contributed by atoms with Gasteiger partial charge in [-0.25, -0.2) is 4.79 Å². The van der Waals surface area contributed by atoms with Crippen molar-refractivity contribution in [2.24, 2.45) is 0 Å². The number of aliphatic carboxylic acids is 1. The van der Waals surface area contributed by atoms with Gasteiger partial charge in [-0.2, -0.15) is 21.6 Å². The molecule has 0 fully saturated rings. The number of rotatable bonds is 13. The molecule has 0 saturated heterocycles. The van der Waals surface area contributed by atoms with Gasteiger partial charge in [0.1, 0.15) is 5.75 Å². The number of halogens is 3. The summed E-state index contributed by atoms with van der Waals surface area (Å²) in [6, 6.07) is 39.1. The van der Waals surface area contributed by atoms with E-state index in [-0.39, 0.29) is 18.4 Å². The molecule has 4 N–H and O–H groups in total. The zero-order chi connectivity index (χ0) is 42.6. The number of alkyl halides is 3. The first-order valence-electron chi connectivity index (χ1n) is 17.7. The molecule has 0 heterocycles. The first kappa shape index (κ1) is 44.5. The van der Waals surface area contributed by atoms with Crippen LogP contribution in [0.2, 0.25) is 0 Å². The van der Waals surface area contributed by atoms with Crippen LogP contribution in [0.1, 0.15) is 54.6 Å². The maximum atomic E-state index is 13.1. The summed E-state index contributed by atoms with van der Waals surface area (Å²) in [6.45, 7) is 6.02. The van der Waals surface area contributed by atoms with Crippen molar-refractivity contribution >= 4 is 50.8 Å². The number of nitrogens with one attached hydrogen (secondary N) is 2. The molecule has 12 nitrogen and oxygen atoms in total. The van der Waals surface area contributed by atoms with Crippen LogP contribution >= 0.6 is 0 Å². The minimum absolute atomic E-state index is 0.0902. The molecule has 0 saturated carbocycles. The molecule has 0 aliphatic heterocycles. The van der Waals surface area contributed by atoms with Gasteiger partial charge in [0.05, 0.1) is 24.9 Å². The molecule has 0 bridgehead atoms. The fraction of sp³-hybridized carbons (Fsp3) is 0.214. The Morgan fingerprint density at radius 2 is 1.31 bits per heavy atom. The molecule has 3 amide bonds. The van der Waals surface area contributed by atoms with Crippen molar-refractivity contribution in [3.05, 3.63) is 150 Å². The van der Waals surface area contributed by atoms with Crippen LogP contribution in [-0.4, -0.2) is 53.5 Å². The highest BCUT2D eigenvalue weighted by Gasteiger charge is 2.44. The second-order valence-corrected chi connectivity index (χ2v) is 14.4. The number of amides is 3. The van der Waals surface area contributed by atoms with E-state index < -0.39 is 33.7 Å². The van der Waals surface area contributed by atoms with Gasteiger partial charge in [-0.15, -0.1) is 0 Å². The van der Waals surface area contributed by atoms with Crippen LogP contribution < -0.4 is 20.3 Å². The maximum Gasteiger partial charge on any atom is 0.522 e. The standard InChI is InChI=1S/C41H42N4O5.CHF3O3S/c1-28-13-11-12-18-36(28)42-41(49)43-37-24-23-35(25-39(37)50-4)45(30(3)46)34-21-19-33(20-22-34)38(26-40(47)48)44(27-31-14-7-5-8-15-31)29(2)32-16-9-6-10-17-32;2-1(3,4)8(5,6)7/h5-25,29,38H,26-27H2,1-4H3,(H,47,48)(H2,42,43,49);(H,5,6,7)/t29-,38+;/m0./s1. The van der Waals surface area contributed by atoms with Gasteiger partial charge in [-0.05, 0) is 66.4 Å². The molecule has 0 spiro atoms. The van der Waals surface area contributed by atoms with Crippen LogP contribution in [0.4, 0.5) is 40.7 Å². The number of hydrogen-bond acceptors (Lipinski definition) is 7. The van der Waals surface area contributed by atoms with Crippen molar-refractivity contribution in [1.82, 2.24) is 4.90 Å². The first-order valence-corrected chi connectivity index (χ1v) is 19.2. The number of ether oxygens (including phenoxy) is 1. The van der Waals surface area contributed by atoms with Crippen molar-refractivity contribution in [3.8, 4) is 5.75 Å². The Balaban J connectivity index is 0.000000841. The van der Waals surface area contributed by atoms with E-state index in [1.807, 2.05) is 104 Å². The van der Waals surface area contributed by atoms with Gasteiger partial charge in [0.2, 0.25) is 5.91 Å². The molecule has 58 heavy (non-hydrogen) atoms. The Labute approximate surface area is 334 Å². The third kappa shape index (κ3) is 12.1. The summed E-state index contributed by atoms with van der Waals surface area (Å²) in [7, 11) is -4.34. The molecule has 0 aromatic heterocycles. The van der Waals surface area contributed by atoms with Crippen molar-refractivity contribution in [2.45, 2.75) is 51.3 Å². The van der Waals surface area contributed by atoms with E-state index in [0.29, 0.717) is 35.0 Å². The molecular formula is C42H43F3N4O8S. The number of anilines is 4. The minimum atomic E-state index is -5.84. The molecule has 5 aromatic carbocycles. The molecular weight excluding hydrogens is 778 g/mol. The SMILES string of the molecule is COc1cc(N(C(C)=O)c2ccc([C@@H](CC(=O)O)N(Cc3ccccc3)[C@@H](C)c3ccccc3)cc2)ccc1NC(=O)Nc1ccccc1C.O=S(=O)(O)C(F)(F)F. The quantitative estimate of drug-likeness (QED) is 0.0669. The van der Waals surface area contributed by atoms with Crippen molar-refractivity contribution in [2.75, 3.05) is 22.6 Å². The van der Waals surface area contributed by atoms with Crippen LogP contribution in [0.5, 0.6) is 5.75 Å². The van der Waals surface area contributed by atoms with E-state index in [1.54, 1.807) is 23.1 Å². The Bertz CT molecular complexity index is 2280. The van der Waals surface area contributed by atoms with Crippen LogP contribution in [-0.2, 0) is 26.3 Å². The molecule has 2 atom stereocenters. The average molecular weight is 821 g/mol. The molecule has 0 aliphatic carbocycles. The zero-order valence-corrected chi connectivity index (χ0v) is 32.8. The predicted octanol–water partition coefficient (Wildman–Crippen LogP) is 9.51. The average Bonchev–Trinajstić information content (AvgIpc) is 3.17. The van der Waals surface area contributed by atoms with E-state index in [4.69, 9.17) is 17.7 Å². The number of aryl methyl sites for hydroxylation is 1. The van der Waals surface area contributed by atoms with Crippen LogP contribution in [0, 0.1) is 6.92 Å². The number of methoxy groups -OCH3 is 1. The number of para-hydroxylation sites is 1. The number of carbonyl (C=O) groups excluding carboxylic acids is 2. The van der Waals surface area contributed by atoms with E-state index in [0.717, 1.165) is 22.3 Å². The highest BCUT2D eigenvalue weighted by atomic mass is 32.2. The fourth-order valence-corrected chi connectivity index (χ4v) is 6.10. The number of urea groups is 1. The van der Waals surface area contributed by atoms with Gasteiger partial charge in [0.25, 0.3) is 0 Å². The Kier molecular flexibility index (Phi) is 15.2. The molecule has 0 unspecified atom stereocenters. The number of carbonyl (C=O) groups is 3. The molecule has 0 radical (unpaired) electrons. The van der Waals surface area contributed by atoms with Gasteiger partial charge in [-0.1, -0.05) is 91.0 Å². The van der Waals surface area contributed by atoms with E-state index in [2.05, 4.69) is 34.6 Å². The lowest BCUT2D eigenvalue weighted by Gasteiger charge is -2.37. The second-order valence-electron chi connectivity index (χ2n) is 13.0. The van der Waals surface area contributed by atoms with Gasteiger partial charge in [0, 0.05) is 43.0 Å². The summed E-state index contributed by atoms with van der Waals surface area (Å²) in [4.78, 5) is 41.9. The summed E-state index contributed by atoms with van der Waals surface area (Å²) < 4.78 is 63.1. The molecule has 5 aromatic rings. The van der Waals surface area contributed by atoms with Gasteiger partial charge in [-0.3, -0.25) is 23.9 Å². The summed E-state index contributed by atoms with van der Waals surface area (Å²) in [5.74, 6) is -0.766. The molecule has 5 rings (SSSR count). The normalized spacial score (nSPS) is 12.4. The summed E-state index contributed by atoms with van der Waals surface area (Å²) in [5.41, 5.74) is 0.624. The van der Waals surface area contributed by atoms with Gasteiger partial charge < -0.3 is 20.5 Å². The third-order valence-electron chi connectivity index (χ3n) is 8.98. The van der Waals surface area contributed by atoms with Crippen LogP contribution in [0.25, 0.3) is 0 Å². The van der Waals surface area contributed by atoms with E-state index in [9.17, 15) is 32.7 Å². The van der Waals surface area contributed by atoms with Crippen molar-refractivity contribution in [3.63, 3.8) is 0 Å². The lowest BCUT2D eigenvalue weighted by Crippen LogP contribution is -2.33.